The maximum Gasteiger partial charge on any atom is 0.0988 e. The van der Waals surface area contributed by atoms with Crippen molar-refractivity contribution >= 4 is 0 Å². The molecule has 31 heavy (non-hydrogen) atoms. The van der Waals surface area contributed by atoms with E-state index in [2.05, 4.69) is 80.2 Å². The first-order valence-corrected chi connectivity index (χ1v) is 13.0. The Balaban J connectivity index is -0.000000471. The lowest BCUT2D eigenvalue weighted by Crippen LogP contribution is -2.15. The molecule has 1 aliphatic carbocycles. The van der Waals surface area contributed by atoms with Gasteiger partial charge in [0.05, 0.1) is 5.83 Å². The maximum atomic E-state index is 13.5. The van der Waals surface area contributed by atoms with Crippen molar-refractivity contribution in [2.75, 3.05) is 0 Å². The van der Waals surface area contributed by atoms with E-state index in [1.54, 1.807) is 0 Å². The molecule has 0 bridgehead atoms. The van der Waals surface area contributed by atoms with E-state index in [1.807, 2.05) is 20.8 Å². The number of rotatable bonds is 6. The SMILES string of the molecule is C/C=C(\C=C/CC)CC.C=C(CC(C)(C)C)C1CCC(=C(F)CC)CC1.CC.CCC. The first-order chi connectivity index (χ1) is 14.6. The molecule has 0 radical (unpaired) electrons. The minimum atomic E-state index is 0.130. The van der Waals surface area contributed by atoms with Crippen molar-refractivity contribution in [3.8, 4) is 0 Å². The fourth-order valence-corrected chi connectivity index (χ4v) is 3.41. The summed E-state index contributed by atoms with van der Waals surface area (Å²) in [6, 6.07) is 0. The van der Waals surface area contributed by atoms with Crippen LogP contribution in [0.25, 0.3) is 0 Å². The Kier molecular flexibility index (Phi) is 24.6. The highest BCUT2D eigenvalue weighted by Gasteiger charge is 2.23. The van der Waals surface area contributed by atoms with Crippen LogP contribution < -0.4 is 0 Å². The van der Waals surface area contributed by atoms with E-state index in [9.17, 15) is 4.39 Å². The molecule has 0 aromatic carbocycles. The molecule has 0 nitrogen and oxygen atoms in total. The second-order valence-electron chi connectivity index (χ2n) is 9.27. The van der Waals surface area contributed by atoms with Crippen molar-refractivity contribution in [2.45, 2.75) is 134 Å². The van der Waals surface area contributed by atoms with Crippen LogP contribution in [-0.2, 0) is 0 Å². The Bertz CT molecular complexity index is 501. The summed E-state index contributed by atoms with van der Waals surface area (Å²) in [5, 5.41) is 0. The van der Waals surface area contributed by atoms with E-state index >= 15 is 0 Å². The molecule has 0 aliphatic heterocycles. The quantitative estimate of drug-likeness (QED) is 0.287. The van der Waals surface area contributed by atoms with E-state index in [-0.39, 0.29) is 5.83 Å². The average Bonchev–Trinajstić information content (AvgIpc) is 2.75. The molecule has 0 atom stereocenters. The highest BCUT2D eigenvalue weighted by atomic mass is 19.1. The van der Waals surface area contributed by atoms with Crippen molar-refractivity contribution in [3.63, 3.8) is 0 Å². The zero-order chi connectivity index (χ0) is 24.9. The largest absolute Gasteiger partial charge is 0.212 e. The summed E-state index contributed by atoms with van der Waals surface area (Å²) in [6.45, 7) is 27.6. The van der Waals surface area contributed by atoms with Crippen LogP contribution in [-0.4, -0.2) is 0 Å². The second kappa shape index (κ2) is 22.1. The maximum absolute atomic E-state index is 13.5. The van der Waals surface area contributed by atoms with Gasteiger partial charge in [-0.1, -0.05) is 112 Å². The van der Waals surface area contributed by atoms with Crippen LogP contribution in [0, 0.1) is 11.3 Å². The molecule has 1 heteroatoms. The first kappa shape index (κ1) is 34.5. The monoisotopic (exact) mass is 436 g/mol. The van der Waals surface area contributed by atoms with Crippen LogP contribution in [0.2, 0.25) is 0 Å². The van der Waals surface area contributed by atoms with Crippen LogP contribution >= 0.6 is 0 Å². The lowest BCUT2D eigenvalue weighted by atomic mass is 9.76. The van der Waals surface area contributed by atoms with Gasteiger partial charge in [-0.05, 0) is 75.2 Å². The van der Waals surface area contributed by atoms with Gasteiger partial charge >= 0.3 is 0 Å². The Labute approximate surface area is 197 Å². The number of hydrogen-bond donors (Lipinski definition) is 0. The zero-order valence-corrected chi connectivity index (χ0v) is 23.3. The summed E-state index contributed by atoms with van der Waals surface area (Å²) in [7, 11) is 0. The van der Waals surface area contributed by atoms with Gasteiger partial charge < -0.3 is 0 Å². The topological polar surface area (TPSA) is 0 Å². The first-order valence-electron chi connectivity index (χ1n) is 13.0. The molecule has 0 heterocycles. The Morgan fingerprint density at radius 1 is 1.00 bits per heavy atom. The predicted octanol–water partition coefficient (Wildman–Crippen LogP) is 11.6. The van der Waals surface area contributed by atoms with Crippen molar-refractivity contribution in [1.29, 1.82) is 0 Å². The predicted molar refractivity (Wildman–Crippen MR) is 144 cm³/mol. The van der Waals surface area contributed by atoms with Crippen LogP contribution in [0.4, 0.5) is 4.39 Å². The number of halogens is 1. The molecular weight excluding hydrogens is 379 g/mol. The van der Waals surface area contributed by atoms with Gasteiger partial charge in [0.2, 0.25) is 0 Å². The third-order valence-corrected chi connectivity index (χ3v) is 4.96. The minimum absolute atomic E-state index is 0.130. The summed E-state index contributed by atoms with van der Waals surface area (Å²) in [6.07, 6.45) is 15.8. The highest BCUT2D eigenvalue weighted by molar-refractivity contribution is 5.17. The average molecular weight is 437 g/mol. The van der Waals surface area contributed by atoms with Gasteiger partial charge in [-0.3, -0.25) is 0 Å². The van der Waals surface area contributed by atoms with Gasteiger partial charge in [-0.2, -0.15) is 0 Å². The summed E-state index contributed by atoms with van der Waals surface area (Å²) >= 11 is 0. The summed E-state index contributed by atoms with van der Waals surface area (Å²) in [5.74, 6) is 0.743. The summed E-state index contributed by atoms with van der Waals surface area (Å²) in [5.41, 5.74) is 4.18. The Hall–Kier alpha value is -1.11. The highest BCUT2D eigenvalue weighted by Crippen LogP contribution is 2.38. The molecule has 0 saturated heterocycles. The van der Waals surface area contributed by atoms with Gasteiger partial charge in [0.25, 0.3) is 0 Å². The van der Waals surface area contributed by atoms with Crippen LogP contribution in [0.3, 0.4) is 0 Å². The van der Waals surface area contributed by atoms with Gasteiger partial charge in [-0.25, -0.2) is 4.39 Å². The lowest BCUT2D eigenvalue weighted by molar-refractivity contribution is 0.362. The molecule has 1 fully saturated rings. The van der Waals surface area contributed by atoms with Crippen molar-refractivity contribution in [3.05, 3.63) is 47.4 Å². The molecule has 1 aliphatic rings. The van der Waals surface area contributed by atoms with Crippen molar-refractivity contribution in [1.82, 2.24) is 0 Å². The summed E-state index contributed by atoms with van der Waals surface area (Å²) < 4.78 is 13.5. The molecule has 0 spiro atoms. The van der Waals surface area contributed by atoms with E-state index < -0.39 is 0 Å². The molecule has 0 aromatic heterocycles. The fourth-order valence-electron chi connectivity index (χ4n) is 3.41. The van der Waals surface area contributed by atoms with E-state index in [0.29, 0.717) is 17.8 Å². The second-order valence-corrected chi connectivity index (χ2v) is 9.27. The molecule has 0 unspecified atom stereocenters. The van der Waals surface area contributed by atoms with Gasteiger partial charge in [0, 0.05) is 0 Å². The van der Waals surface area contributed by atoms with E-state index in [1.165, 1.54) is 17.6 Å². The van der Waals surface area contributed by atoms with Crippen molar-refractivity contribution in [2.24, 2.45) is 11.3 Å². The number of allylic oxidation sites excluding steroid dienone is 7. The number of hydrogen-bond acceptors (Lipinski definition) is 0. The minimum Gasteiger partial charge on any atom is -0.212 e. The molecule has 1 saturated carbocycles. The van der Waals surface area contributed by atoms with Gasteiger partial charge in [0.15, 0.2) is 0 Å². The molecule has 0 N–H and O–H groups in total. The molecular formula is C30H57F. The molecule has 184 valence electrons. The molecule has 0 aromatic rings. The van der Waals surface area contributed by atoms with Crippen LogP contribution in [0.1, 0.15) is 134 Å². The smallest absolute Gasteiger partial charge is 0.0988 e. The van der Waals surface area contributed by atoms with Crippen LogP contribution in [0.5, 0.6) is 0 Å². The standard InChI is InChI=1S/C16H27F.C9H16.C3H8.C2H6/c1-6-15(17)14-9-7-13(8-10-14)12(2)11-16(3,4)5;1-4-7-8-9(5-2)6-3;1-3-2;1-2/h13H,2,6-11H2,1,3-5H3;5,7-8H,4,6H2,1-3H3;3H2,1-2H3;1-2H3/b;8-7-,9-5-;;. The third kappa shape index (κ3) is 20.5. The van der Waals surface area contributed by atoms with Crippen LogP contribution in [0.15, 0.2) is 47.4 Å². The summed E-state index contributed by atoms with van der Waals surface area (Å²) in [4.78, 5) is 0. The van der Waals surface area contributed by atoms with E-state index in [0.717, 1.165) is 50.5 Å². The Morgan fingerprint density at radius 2 is 1.48 bits per heavy atom. The van der Waals surface area contributed by atoms with Crippen molar-refractivity contribution < 1.29 is 4.39 Å². The third-order valence-electron chi connectivity index (χ3n) is 4.96. The Morgan fingerprint density at radius 3 is 1.81 bits per heavy atom. The van der Waals surface area contributed by atoms with Gasteiger partial charge in [-0.15, -0.1) is 0 Å². The molecule has 0 amide bonds. The van der Waals surface area contributed by atoms with E-state index in [4.69, 9.17) is 0 Å². The van der Waals surface area contributed by atoms with Gasteiger partial charge in [0.1, 0.15) is 0 Å². The normalized spacial score (nSPS) is 16.3. The zero-order valence-electron chi connectivity index (χ0n) is 23.3. The lowest BCUT2D eigenvalue weighted by Gasteiger charge is -2.29. The molecule has 1 rings (SSSR count). The fraction of sp³-hybridized carbons (Fsp3) is 0.733.